The Labute approximate surface area is 366 Å². The molecule has 0 saturated carbocycles. The second kappa shape index (κ2) is 20.8. The van der Waals surface area contributed by atoms with Crippen LogP contribution in [0.5, 0.6) is 0 Å². The summed E-state index contributed by atoms with van der Waals surface area (Å²) in [7, 11) is -7.43. The minimum atomic E-state index is -3.74. The van der Waals surface area contributed by atoms with Gasteiger partial charge >= 0.3 is 0 Å². The van der Waals surface area contributed by atoms with Crippen LogP contribution < -0.4 is 5.73 Å². The molecule has 0 unspecified atom stereocenters. The van der Waals surface area contributed by atoms with E-state index >= 15 is 0 Å². The number of benzene rings is 4. The predicted molar refractivity (Wildman–Crippen MR) is 239 cm³/mol. The molecule has 0 spiro atoms. The van der Waals surface area contributed by atoms with Crippen molar-refractivity contribution < 1.29 is 35.2 Å². The zero-order chi connectivity index (χ0) is 41.5. The average Bonchev–Trinajstić information content (AvgIpc) is 3.86. The van der Waals surface area contributed by atoms with Crippen molar-refractivity contribution in [1.29, 1.82) is 0 Å². The molecule has 0 radical (unpaired) electrons. The Balaban J connectivity index is 0.000000190. The third kappa shape index (κ3) is 11.6. The van der Waals surface area contributed by atoms with Crippen LogP contribution in [-0.2, 0) is 42.1 Å². The first-order chi connectivity index (χ1) is 27.8. The van der Waals surface area contributed by atoms with Crippen LogP contribution in [0.3, 0.4) is 0 Å². The molecule has 0 amide bonds. The monoisotopic (exact) mass is 975 g/mol. The lowest BCUT2D eigenvalue weighted by Crippen LogP contribution is -2.18. The van der Waals surface area contributed by atoms with Gasteiger partial charge in [-0.05, 0) is 159 Å². The van der Waals surface area contributed by atoms with Crippen LogP contribution in [0, 0.1) is 11.6 Å². The van der Waals surface area contributed by atoms with E-state index in [1.165, 1.54) is 42.0 Å². The summed E-state index contributed by atoms with van der Waals surface area (Å²) in [5, 5.41) is 0.981. The van der Waals surface area contributed by atoms with Crippen molar-refractivity contribution in [2.75, 3.05) is 25.9 Å². The normalized spacial score (nSPS) is 18.5. The maximum atomic E-state index is 13.5. The van der Waals surface area contributed by atoms with Gasteiger partial charge in [-0.2, -0.15) is 0 Å². The van der Waals surface area contributed by atoms with Crippen molar-refractivity contribution in [3.05, 3.63) is 119 Å². The van der Waals surface area contributed by atoms with E-state index in [-0.39, 0.29) is 55.1 Å². The quantitative estimate of drug-likeness (QED) is 0.172. The number of hydrogen-bond donors (Lipinski definition) is 1. The van der Waals surface area contributed by atoms with E-state index in [0.29, 0.717) is 44.3 Å². The Kier molecular flexibility index (Phi) is 16.3. The van der Waals surface area contributed by atoms with Gasteiger partial charge < -0.3 is 5.73 Å². The summed E-state index contributed by atoms with van der Waals surface area (Å²) in [4.78, 5) is 30.5. The maximum absolute atomic E-state index is 13.5. The van der Waals surface area contributed by atoms with Crippen molar-refractivity contribution in [3.63, 3.8) is 0 Å². The summed E-state index contributed by atoms with van der Waals surface area (Å²) >= 11 is 1.57. The van der Waals surface area contributed by atoms with Crippen LogP contribution in [0.1, 0.15) is 85.5 Å². The maximum Gasteiger partial charge on any atom is 0.206 e. The first-order valence-corrected chi connectivity index (χ1v) is 23.6. The number of halogens is 3. The molecular formula is C44H48F2IN3O6S3. The van der Waals surface area contributed by atoms with Crippen LogP contribution >= 0.6 is 35.7 Å². The highest BCUT2D eigenvalue weighted by molar-refractivity contribution is 14.0. The summed E-state index contributed by atoms with van der Waals surface area (Å²) in [6.45, 7) is 1.30. The van der Waals surface area contributed by atoms with E-state index in [1.807, 2.05) is 18.4 Å². The zero-order valence-electron chi connectivity index (χ0n) is 32.7. The standard InChI is InChI=1S/C22H22FNO3S.C17H18FNO2S.C5H7NOS.HI/c23-17-5-2-6-20(12-17)28(26,27)21-9-10-22-15(3-1-4-16(22)11-21)7-8-18-13-19(25)14-24-18;18-14-5-2-6-15(10-14)22(20,21)16-7-8-17-12(9-16)3-1-4-13(17)11-19;1-8-5-2-4(7)3-6-5;/h2,5-6,9-12,15H,1,3-4,7-8,13-14H2;2,5-10,13H,1,3-4,11,19H2;2-3H2,1H3;1H/t15-;13-;;/m00../s1. The van der Waals surface area contributed by atoms with Crippen LogP contribution in [-0.4, -0.2) is 65.0 Å². The number of aryl methyl sites for hydroxylation is 2. The van der Waals surface area contributed by atoms with Gasteiger partial charge in [0.2, 0.25) is 19.7 Å². The predicted octanol–water partition coefficient (Wildman–Crippen LogP) is 8.65. The Morgan fingerprint density at radius 1 is 0.678 bits per heavy atom. The lowest BCUT2D eigenvalue weighted by Gasteiger charge is -2.26. The van der Waals surface area contributed by atoms with Crippen molar-refractivity contribution in [3.8, 4) is 0 Å². The Hall–Kier alpha value is -3.64. The van der Waals surface area contributed by atoms with Crippen molar-refractivity contribution in [2.24, 2.45) is 15.7 Å². The van der Waals surface area contributed by atoms with E-state index in [2.05, 4.69) is 9.98 Å². The van der Waals surface area contributed by atoms with Gasteiger partial charge in [0, 0.05) is 12.1 Å². The highest BCUT2D eigenvalue weighted by Gasteiger charge is 2.27. The molecule has 2 heterocycles. The molecule has 8 rings (SSSR count). The molecule has 59 heavy (non-hydrogen) atoms. The minimum absolute atomic E-state index is 0. The van der Waals surface area contributed by atoms with Crippen LogP contribution in [0.15, 0.2) is 114 Å². The van der Waals surface area contributed by atoms with Gasteiger partial charge in [-0.1, -0.05) is 24.3 Å². The number of rotatable bonds is 8. The lowest BCUT2D eigenvalue weighted by molar-refractivity contribution is -0.116. The fourth-order valence-corrected chi connectivity index (χ4v) is 11.0. The average molecular weight is 976 g/mol. The molecule has 4 aromatic rings. The Morgan fingerprint density at radius 3 is 1.61 bits per heavy atom. The van der Waals surface area contributed by atoms with E-state index < -0.39 is 31.3 Å². The first-order valence-electron chi connectivity index (χ1n) is 19.4. The summed E-state index contributed by atoms with van der Waals surface area (Å²) in [6.07, 6.45) is 10.6. The van der Waals surface area contributed by atoms with E-state index in [4.69, 9.17) is 5.73 Å². The van der Waals surface area contributed by atoms with Gasteiger partial charge in [0.1, 0.15) is 11.6 Å². The van der Waals surface area contributed by atoms with Crippen LogP contribution in [0.25, 0.3) is 0 Å². The van der Waals surface area contributed by atoms with E-state index in [1.54, 1.807) is 36.0 Å². The number of Topliss-reactive ketones (excluding diaryl/α,β-unsaturated/α-hetero) is 2. The highest BCUT2D eigenvalue weighted by atomic mass is 127. The molecule has 2 aliphatic carbocycles. The Bertz CT molecular complexity index is 2480. The molecule has 4 aromatic carbocycles. The van der Waals surface area contributed by atoms with E-state index in [9.17, 15) is 35.2 Å². The Morgan fingerprint density at radius 2 is 1.17 bits per heavy atom. The number of thioether (sulfide) groups is 1. The molecule has 2 atom stereocenters. The fraction of sp³-hybridized carbons (Fsp3) is 0.364. The van der Waals surface area contributed by atoms with Gasteiger partial charge in [0.25, 0.3) is 0 Å². The van der Waals surface area contributed by atoms with Crippen molar-refractivity contribution in [2.45, 2.75) is 95.6 Å². The number of hydrogen-bond acceptors (Lipinski definition) is 10. The second-order valence-corrected chi connectivity index (χ2v) is 19.6. The van der Waals surface area contributed by atoms with Gasteiger partial charge in [-0.25, -0.2) is 25.6 Å². The van der Waals surface area contributed by atoms with Crippen molar-refractivity contribution >= 4 is 77.7 Å². The van der Waals surface area contributed by atoms with Gasteiger partial charge in [0.15, 0.2) is 11.6 Å². The molecule has 0 saturated heterocycles. The first kappa shape index (κ1) is 46.4. The number of nitrogens with two attached hydrogens (primary N) is 1. The van der Waals surface area contributed by atoms with Gasteiger partial charge in [0.05, 0.1) is 44.1 Å². The molecule has 0 bridgehead atoms. The molecule has 314 valence electrons. The summed E-state index contributed by atoms with van der Waals surface area (Å²) < 4.78 is 77.8. The summed E-state index contributed by atoms with van der Waals surface area (Å²) in [6, 6.07) is 20.7. The largest absolute Gasteiger partial charge is 0.330 e. The number of aliphatic imine (C=N–C) groups is 2. The number of fused-ring (bicyclic) bond motifs is 2. The van der Waals surface area contributed by atoms with Crippen LogP contribution in [0.2, 0.25) is 0 Å². The van der Waals surface area contributed by atoms with E-state index in [0.717, 1.165) is 90.9 Å². The second-order valence-electron chi connectivity index (χ2n) is 14.8. The van der Waals surface area contributed by atoms with Gasteiger partial charge in [-0.3, -0.25) is 19.6 Å². The van der Waals surface area contributed by atoms with Crippen LogP contribution in [0.4, 0.5) is 8.78 Å². The zero-order valence-corrected chi connectivity index (χ0v) is 37.5. The minimum Gasteiger partial charge on any atom is -0.330 e. The third-order valence-electron chi connectivity index (χ3n) is 10.9. The molecule has 2 N–H and O–H groups in total. The summed E-state index contributed by atoms with van der Waals surface area (Å²) in [5.74, 6) is -0.0296. The fourth-order valence-electron chi connectivity index (χ4n) is 7.84. The number of ketones is 2. The van der Waals surface area contributed by atoms with Gasteiger partial charge in [-0.15, -0.1) is 35.7 Å². The molecule has 2 aliphatic heterocycles. The third-order valence-corrected chi connectivity index (χ3v) is 15.1. The molecule has 15 heteroatoms. The molecule has 0 aromatic heterocycles. The lowest BCUT2D eigenvalue weighted by atomic mass is 9.80. The number of carbonyl (C=O) groups is 2. The highest BCUT2D eigenvalue weighted by Crippen LogP contribution is 2.37. The number of nitrogens with zero attached hydrogens (tertiary/aromatic N) is 2. The molecule has 9 nitrogen and oxygen atoms in total. The van der Waals surface area contributed by atoms with Crippen molar-refractivity contribution in [1.82, 2.24) is 0 Å². The SMILES string of the molecule is CSC1=NCC(=O)C1.I.NC[C@@H]1CCCc2cc(S(=O)(=O)c3cccc(F)c3)ccc21.O=C1CN=C(CC[C@@H]2CCCc3cc(S(=O)(=O)c4cccc(F)c4)ccc32)C1. The number of carbonyl (C=O) groups excluding carboxylic acids is 2. The molecule has 0 fully saturated rings. The molecule has 4 aliphatic rings. The molecular weight excluding hydrogens is 928 g/mol. The smallest absolute Gasteiger partial charge is 0.206 e. The summed E-state index contributed by atoms with van der Waals surface area (Å²) in [5.41, 5.74) is 11.2. The topological polar surface area (TPSA) is 153 Å². The number of sulfone groups is 2.